The Kier molecular flexibility index (Phi) is 10.8. The number of carbonyl (C=O) groups excluding carboxylic acids is 3. The number of thiophene rings is 2. The first-order chi connectivity index (χ1) is 19.5. The molecule has 0 fully saturated rings. The zero-order valence-corrected chi connectivity index (χ0v) is 24.4. The molecule has 0 unspecified atom stereocenters. The third-order valence-electron chi connectivity index (χ3n) is 6.40. The maximum Gasteiger partial charge on any atom is 0.315 e. The molecule has 3 amide bonds. The molecule has 0 spiro atoms. The molecule has 3 heterocycles. The number of unbranched alkanes of at least 4 members (excludes halogenated alkanes) is 1. The molecule has 2 atom stereocenters. The van der Waals surface area contributed by atoms with Crippen LogP contribution in [-0.2, 0) is 27.4 Å². The number of benzene rings is 1. The average Bonchev–Trinajstić information content (AvgIpc) is 3.73. The summed E-state index contributed by atoms with van der Waals surface area (Å²) < 4.78 is 16.0. The first-order valence-electron chi connectivity index (χ1n) is 13.4. The second kappa shape index (κ2) is 14.7. The molecule has 0 aliphatic carbocycles. The summed E-state index contributed by atoms with van der Waals surface area (Å²) in [6.07, 6.45) is 2.08. The third kappa shape index (κ3) is 8.22. The molecule has 2 N–H and O–H groups in total. The van der Waals surface area contributed by atoms with Crippen LogP contribution in [0.25, 0.3) is 0 Å². The fraction of sp³-hybridized carbons (Fsp3) is 0.414. The number of carbonyl (C=O) groups is 3. The Bertz CT molecular complexity index is 1210. The number of hydrogen-bond donors (Lipinski definition) is 2. The number of nitrogens with zero attached hydrogens (tertiary/aromatic N) is 1. The molecule has 1 aromatic carbocycles. The van der Waals surface area contributed by atoms with Crippen molar-refractivity contribution in [3.63, 3.8) is 0 Å². The zero-order chi connectivity index (χ0) is 28.3. The largest absolute Gasteiger partial charge is 0.466 e. The van der Waals surface area contributed by atoms with Gasteiger partial charge in [0.05, 0.1) is 32.2 Å². The molecular formula is C29H35N3O6S2. The van der Waals surface area contributed by atoms with Gasteiger partial charge in [0.25, 0.3) is 0 Å². The van der Waals surface area contributed by atoms with Gasteiger partial charge in [-0.3, -0.25) is 9.59 Å². The van der Waals surface area contributed by atoms with Crippen LogP contribution in [0, 0.1) is 0 Å². The average molecular weight is 586 g/mol. The Morgan fingerprint density at radius 1 is 0.975 bits per heavy atom. The van der Waals surface area contributed by atoms with Gasteiger partial charge in [-0.05, 0) is 53.9 Å². The molecule has 4 rings (SSSR count). The molecule has 1 aliphatic rings. The van der Waals surface area contributed by atoms with Crippen molar-refractivity contribution in [2.75, 3.05) is 13.4 Å². The Hall–Kier alpha value is -3.57. The molecule has 40 heavy (non-hydrogen) atoms. The van der Waals surface area contributed by atoms with E-state index in [0.717, 1.165) is 22.6 Å². The molecule has 0 saturated heterocycles. The number of ether oxygens (including phenoxy) is 3. The van der Waals surface area contributed by atoms with Crippen molar-refractivity contribution in [2.45, 2.75) is 64.7 Å². The predicted octanol–water partition coefficient (Wildman–Crippen LogP) is 5.62. The highest BCUT2D eigenvalue weighted by Gasteiger charge is 2.28. The van der Waals surface area contributed by atoms with Gasteiger partial charge in [-0.1, -0.05) is 38.0 Å². The fourth-order valence-electron chi connectivity index (χ4n) is 4.41. The first kappa shape index (κ1) is 29.4. The molecule has 9 nitrogen and oxygen atoms in total. The van der Waals surface area contributed by atoms with E-state index in [4.69, 9.17) is 14.2 Å². The Morgan fingerprint density at radius 2 is 1.68 bits per heavy atom. The summed E-state index contributed by atoms with van der Waals surface area (Å²) in [6, 6.07) is 11.3. The molecule has 11 heteroatoms. The molecule has 214 valence electrons. The second-order valence-corrected chi connectivity index (χ2v) is 11.4. The summed E-state index contributed by atoms with van der Waals surface area (Å²) >= 11 is 3.19. The number of urea groups is 1. The minimum absolute atomic E-state index is 0.0721. The fourth-order valence-corrected chi connectivity index (χ4v) is 5.84. The van der Waals surface area contributed by atoms with Crippen LogP contribution in [0.2, 0.25) is 0 Å². The number of nitrogens with one attached hydrogen (secondary N) is 2. The molecule has 3 aromatic rings. The van der Waals surface area contributed by atoms with E-state index in [1.807, 2.05) is 41.9 Å². The van der Waals surface area contributed by atoms with Gasteiger partial charge >= 0.3 is 12.0 Å². The van der Waals surface area contributed by atoms with E-state index in [2.05, 4.69) is 10.6 Å². The lowest BCUT2D eigenvalue weighted by atomic mass is 10.0. The lowest BCUT2D eigenvalue weighted by molar-refractivity contribution is -0.143. The summed E-state index contributed by atoms with van der Waals surface area (Å²) in [5, 5.41) is 9.78. The number of amides is 3. The van der Waals surface area contributed by atoms with E-state index >= 15 is 0 Å². The van der Waals surface area contributed by atoms with Crippen molar-refractivity contribution < 1.29 is 28.6 Å². The van der Waals surface area contributed by atoms with E-state index < -0.39 is 24.1 Å². The number of fused-ring (bicyclic) bond motifs is 1. The smallest absolute Gasteiger partial charge is 0.315 e. The van der Waals surface area contributed by atoms with Crippen molar-refractivity contribution in [2.24, 2.45) is 0 Å². The topological polar surface area (TPSA) is 106 Å². The molecule has 0 bridgehead atoms. The van der Waals surface area contributed by atoms with Gasteiger partial charge in [-0.15, -0.1) is 22.7 Å². The van der Waals surface area contributed by atoms with Crippen LogP contribution in [0.5, 0.6) is 11.5 Å². The highest BCUT2D eigenvalue weighted by atomic mass is 32.1. The monoisotopic (exact) mass is 585 g/mol. The van der Waals surface area contributed by atoms with Crippen LogP contribution in [0.3, 0.4) is 0 Å². The van der Waals surface area contributed by atoms with E-state index in [1.165, 1.54) is 0 Å². The Labute approximate surface area is 242 Å². The minimum Gasteiger partial charge on any atom is -0.466 e. The van der Waals surface area contributed by atoms with Gasteiger partial charge < -0.3 is 29.7 Å². The Balaban J connectivity index is 1.50. The van der Waals surface area contributed by atoms with Gasteiger partial charge in [-0.25, -0.2) is 4.79 Å². The normalized spacial score (nSPS) is 13.3. The standard InChI is InChI=1S/C29H35N3O6S2/c1-3-5-10-23(28(34)32(17-21-8-6-13-39-21)18-22-9-7-14-40-22)30-29(35)31-24(16-27(33)36-4-2)20-11-12-25-26(15-20)38-19-37-25/h6-9,11-15,23-24H,3-5,10,16-19H2,1-2H3,(H2,30,31,35)/t23-,24-/m0/s1. The van der Waals surface area contributed by atoms with Gasteiger partial charge in [0, 0.05) is 9.75 Å². The van der Waals surface area contributed by atoms with Crippen LogP contribution in [0.15, 0.2) is 53.2 Å². The van der Waals surface area contributed by atoms with E-state index in [1.54, 1.807) is 52.7 Å². The summed E-state index contributed by atoms with van der Waals surface area (Å²) in [7, 11) is 0. The number of esters is 1. The van der Waals surface area contributed by atoms with E-state index in [-0.39, 0.29) is 25.7 Å². The molecule has 0 saturated carbocycles. The van der Waals surface area contributed by atoms with Crippen LogP contribution >= 0.6 is 22.7 Å². The lowest BCUT2D eigenvalue weighted by Crippen LogP contribution is -2.51. The number of rotatable bonds is 14. The highest BCUT2D eigenvalue weighted by molar-refractivity contribution is 7.10. The molecule has 1 aliphatic heterocycles. The van der Waals surface area contributed by atoms with Crippen LogP contribution in [-0.4, -0.2) is 42.2 Å². The quantitative estimate of drug-likeness (QED) is 0.238. The Morgan fingerprint density at radius 3 is 2.30 bits per heavy atom. The van der Waals surface area contributed by atoms with Crippen LogP contribution in [0.4, 0.5) is 4.79 Å². The summed E-state index contributed by atoms with van der Waals surface area (Å²) in [4.78, 5) is 43.5. The van der Waals surface area contributed by atoms with Crippen molar-refractivity contribution >= 4 is 40.6 Å². The van der Waals surface area contributed by atoms with Crippen molar-refractivity contribution in [1.82, 2.24) is 15.5 Å². The maximum atomic E-state index is 13.9. The molecular weight excluding hydrogens is 550 g/mol. The zero-order valence-electron chi connectivity index (χ0n) is 22.7. The SMILES string of the molecule is CCCC[C@H](NC(=O)N[C@@H](CC(=O)OCC)c1ccc2c(c1)OCO2)C(=O)N(Cc1cccs1)Cc1cccs1. The summed E-state index contributed by atoms with van der Waals surface area (Å²) in [5.41, 5.74) is 0.668. The lowest BCUT2D eigenvalue weighted by Gasteiger charge is -2.28. The van der Waals surface area contributed by atoms with Gasteiger partial charge in [-0.2, -0.15) is 0 Å². The van der Waals surface area contributed by atoms with Gasteiger partial charge in [0.15, 0.2) is 11.5 Å². The highest BCUT2D eigenvalue weighted by Crippen LogP contribution is 2.35. The predicted molar refractivity (Wildman–Crippen MR) is 154 cm³/mol. The van der Waals surface area contributed by atoms with Gasteiger partial charge in [0.2, 0.25) is 12.7 Å². The van der Waals surface area contributed by atoms with Crippen molar-refractivity contribution in [1.29, 1.82) is 0 Å². The second-order valence-electron chi connectivity index (χ2n) is 9.34. The third-order valence-corrected chi connectivity index (χ3v) is 8.12. The van der Waals surface area contributed by atoms with Crippen LogP contribution < -0.4 is 20.1 Å². The van der Waals surface area contributed by atoms with Crippen molar-refractivity contribution in [3.05, 3.63) is 68.5 Å². The molecule has 2 aromatic heterocycles. The number of hydrogen-bond acceptors (Lipinski definition) is 8. The van der Waals surface area contributed by atoms with E-state index in [9.17, 15) is 14.4 Å². The van der Waals surface area contributed by atoms with Crippen LogP contribution in [0.1, 0.15) is 60.9 Å². The summed E-state index contributed by atoms with van der Waals surface area (Å²) in [6.45, 7) is 5.05. The maximum absolute atomic E-state index is 13.9. The van der Waals surface area contributed by atoms with E-state index in [0.29, 0.717) is 36.6 Å². The van der Waals surface area contributed by atoms with Crippen molar-refractivity contribution in [3.8, 4) is 11.5 Å². The first-order valence-corrected chi connectivity index (χ1v) is 15.2. The summed E-state index contributed by atoms with van der Waals surface area (Å²) in [5.74, 6) is 0.560. The molecule has 0 radical (unpaired) electrons. The van der Waals surface area contributed by atoms with Gasteiger partial charge in [0.1, 0.15) is 6.04 Å². The minimum atomic E-state index is -0.722.